The number of aromatic nitrogens is 4. The van der Waals surface area contributed by atoms with Crippen LogP contribution in [0, 0.1) is 13.8 Å². The van der Waals surface area contributed by atoms with Crippen LogP contribution in [0.3, 0.4) is 0 Å². The fourth-order valence-corrected chi connectivity index (χ4v) is 10.0. The van der Waals surface area contributed by atoms with Crippen molar-refractivity contribution in [1.82, 2.24) is 9.13 Å². The van der Waals surface area contributed by atoms with Crippen molar-refractivity contribution in [3.05, 3.63) is 144 Å². The van der Waals surface area contributed by atoms with Crippen molar-refractivity contribution in [2.45, 2.75) is 104 Å². The summed E-state index contributed by atoms with van der Waals surface area (Å²) in [7, 11) is 4.15. The number of hydrogen-bond acceptors (Lipinski definition) is 2. The summed E-state index contributed by atoms with van der Waals surface area (Å²) in [5.41, 5.74) is 12.3. The molecule has 4 aromatic carbocycles. The van der Waals surface area contributed by atoms with Gasteiger partial charge in [-0.2, -0.15) is 0 Å². The van der Waals surface area contributed by atoms with Gasteiger partial charge in [-0.05, 0) is 121 Å². The monoisotopic (exact) mass is 774 g/mol. The summed E-state index contributed by atoms with van der Waals surface area (Å²) in [5, 5.41) is 0. The second-order valence-electron chi connectivity index (χ2n) is 16.8. The fourth-order valence-electron chi connectivity index (χ4n) is 10.0. The number of rotatable bonds is 10. The standard InChI is InChI=1S/C49H54N6O2.CH4/c1-35-27-39(43-17-7-5-13-37(43)15-11-21-52-25-23-50(3)33-52)29-41-31-54-45-19-9-10-20-46(45)55-32-42-30-40(28-36(2)48(42)57-49(54,55)56-47(35)41)44-18-8-6-14-38(44)16-12-22-53-26-24-51(4)34-53;/h5-8,13-14,17-18,23-34,45-46H,9-12,15-16,19-22H2,1-4H3;1H4/q+4;. The molecule has 1 aliphatic carbocycles. The second kappa shape index (κ2) is 15.2. The van der Waals surface area contributed by atoms with E-state index in [-0.39, 0.29) is 7.43 Å². The lowest BCUT2D eigenvalue weighted by molar-refractivity contribution is -0.866. The van der Waals surface area contributed by atoms with Crippen LogP contribution in [0.25, 0.3) is 22.3 Å². The number of hydrogen-bond donors (Lipinski definition) is 0. The van der Waals surface area contributed by atoms with Crippen LogP contribution in [0.5, 0.6) is 11.5 Å². The van der Waals surface area contributed by atoms with Gasteiger partial charge in [-0.25, -0.2) is 18.3 Å². The third-order valence-corrected chi connectivity index (χ3v) is 12.7. The Kier molecular flexibility index (Phi) is 9.91. The average molecular weight is 775 g/mol. The molecule has 0 bridgehead atoms. The van der Waals surface area contributed by atoms with Gasteiger partial charge in [0.15, 0.2) is 23.9 Å². The normalized spacial score (nSPS) is 19.9. The van der Waals surface area contributed by atoms with Crippen molar-refractivity contribution < 1.29 is 27.8 Å². The highest BCUT2D eigenvalue weighted by atomic mass is 16.7. The molecule has 0 N–H and O–H groups in total. The zero-order valence-corrected chi connectivity index (χ0v) is 33.8. The average Bonchev–Trinajstić information content (AvgIpc) is 3.91. The Labute approximate surface area is 343 Å². The van der Waals surface area contributed by atoms with Crippen LogP contribution < -0.4 is 18.6 Å². The Hall–Kier alpha value is -5.76. The molecule has 2 aromatic heterocycles. The Bertz CT molecular complexity index is 2400. The first-order valence-corrected chi connectivity index (χ1v) is 21.0. The smallest absolute Gasteiger partial charge is 0.340 e. The lowest BCUT2D eigenvalue weighted by Crippen LogP contribution is -2.60. The molecule has 4 aliphatic rings. The molecule has 2 fully saturated rings. The first-order valence-electron chi connectivity index (χ1n) is 21.0. The molecular weight excluding hydrogens is 717 g/mol. The molecule has 10 rings (SSSR count). The van der Waals surface area contributed by atoms with Crippen molar-refractivity contribution in [3.63, 3.8) is 0 Å². The third-order valence-electron chi connectivity index (χ3n) is 12.7. The van der Waals surface area contributed by atoms with E-state index < -0.39 is 6.03 Å². The summed E-state index contributed by atoms with van der Waals surface area (Å²) in [6.07, 6.45) is 26.4. The van der Waals surface area contributed by atoms with E-state index in [1.54, 1.807) is 0 Å². The lowest BCUT2D eigenvalue weighted by atomic mass is 9.90. The van der Waals surface area contributed by atoms with Gasteiger partial charge in [0.1, 0.15) is 24.8 Å². The maximum Gasteiger partial charge on any atom is 0.704 e. The summed E-state index contributed by atoms with van der Waals surface area (Å²) in [5.74, 6) is 1.82. The molecule has 0 radical (unpaired) electrons. The minimum Gasteiger partial charge on any atom is -0.340 e. The van der Waals surface area contributed by atoms with Crippen molar-refractivity contribution >= 4 is 12.4 Å². The highest BCUT2D eigenvalue weighted by Gasteiger charge is 2.76. The summed E-state index contributed by atoms with van der Waals surface area (Å²) in [6, 6.07) is 26.7. The van der Waals surface area contributed by atoms with Crippen LogP contribution in [-0.4, -0.2) is 48.8 Å². The Morgan fingerprint density at radius 3 is 1.52 bits per heavy atom. The predicted octanol–water partition coefficient (Wildman–Crippen LogP) is 8.08. The SMILES string of the molecule is C.Cc1cc(-c2ccccc2CCCn2cc[n+](C)c2)cc2c1OC13Oc4c(C)cc(-c5ccccc5CCCn5cc[n+](C)c5)cc4C=[N+]1C1CCCCC1[N+]3=C2. The van der Waals surface area contributed by atoms with Gasteiger partial charge >= 0.3 is 6.03 Å². The van der Waals surface area contributed by atoms with Gasteiger partial charge in [-0.15, -0.1) is 0 Å². The molecule has 296 valence electrons. The van der Waals surface area contributed by atoms with Crippen LogP contribution in [0.1, 0.15) is 79.3 Å². The molecule has 8 nitrogen and oxygen atoms in total. The molecule has 1 saturated heterocycles. The van der Waals surface area contributed by atoms with E-state index in [2.05, 4.69) is 178 Å². The zero-order valence-electron chi connectivity index (χ0n) is 33.8. The van der Waals surface area contributed by atoms with E-state index in [4.69, 9.17) is 9.47 Å². The molecule has 0 amide bonds. The summed E-state index contributed by atoms with van der Waals surface area (Å²) >= 11 is 0. The molecule has 1 saturated carbocycles. The van der Waals surface area contributed by atoms with Crippen LogP contribution in [0.15, 0.2) is 110 Å². The van der Waals surface area contributed by atoms with E-state index in [0.717, 1.165) is 85.4 Å². The van der Waals surface area contributed by atoms with E-state index in [9.17, 15) is 0 Å². The second-order valence-corrected chi connectivity index (χ2v) is 16.8. The van der Waals surface area contributed by atoms with Gasteiger partial charge in [-0.1, -0.05) is 65.1 Å². The summed E-state index contributed by atoms with van der Waals surface area (Å²) < 4.78 is 28.2. The van der Waals surface area contributed by atoms with Crippen LogP contribution in [0.4, 0.5) is 0 Å². The molecule has 58 heavy (non-hydrogen) atoms. The topological polar surface area (TPSA) is 42.1 Å². The Balaban J connectivity index is 0.00000436. The van der Waals surface area contributed by atoms with Gasteiger partial charge in [0.2, 0.25) is 24.7 Å². The van der Waals surface area contributed by atoms with Gasteiger partial charge in [0, 0.05) is 12.8 Å². The quantitative estimate of drug-likeness (QED) is 0.132. The number of fused-ring (bicyclic) bond motifs is 5. The van der Waals surface area contributed by atoms with Crippen LogP contribution in [-0.2, 0) is 40.0 Å². The predicted molar refractivity (Wildman–Crippen MR) is 229 cm³/mol. The van der Waals surface area contributed by atoms with E-state index in [1.165, 1.54) is 46.2 Å². The maximum absolute atomic E-state index is 7.29. The largest absolute Gasteiger partial charge is 0.704 e. The molecule has 5 heterocycles. The summed E-state index contributed by atoms with van der Waals surface area (Å²) in [4.78, 5) is 0. The molecule has 2 atom stereocenters. The van der Waals surface area contributed by atoms with Gasteiger partial charge in [-0.3, -0.25) is 0 Å². The van der Waals surface area contributed by atoms with E-state index >= 15 is 0 Å². The first kappa shape index (κ1) is 37.8. The van der Waals surface area contributed by atoms with Crippen molar-refractivity contribution in [1.29, 1.82) is 0 Å². The highest BCUT2D eigenvalue weighted by molar-refractivity contribution is 5.88. The van der Waals surface area contributed by atoms with Gasteiger partial charge < -0.3 is 9.47 Å². The van der Waals surface area contributed by atoms with E-state index in [1.807, 2.05) is 0 Å². The number of benzene rings is 4. The third kappa shape index (κ3) is 6.66. The number of aryl methyl sites for hydroxylation is 8. The number of nitrogens with zero attached hydrogens (tertiary/aromatic N) is 6. The molecule has 1 spiro atoms. The first-order chi connectivity index (χ1) is 27.8. The summed E-state index contributed by atoms with van der Waals surface area (Å²) in [6.45, 7) is 6.38. The fraction of sp³-hybridized carbons (Fsp3) is 0.360. The molecule has 2 unspecified atom stereocenters. The van der Waals surface area contributed by atoms with Crippen molar-refractivity contribution in [2.24, 2.45) is 14.1 Å². The maximum atomic E-state index is 7.29. The minimum absolute atomic E-state index is 0. The minimum atomic E-state index is -1.06. The molecular formula is C50H58N6O2+4. The lowest BCUT2D eigenvalue weighted by Gasteiger charge is -2.29. The van der Waals surface area contributed by atoms with Crippen molar-refractivity contribution in [3.8, 4) is 33.8 Å². The Morgan fingerprint density at radius 1 is 0.638 bits per heavy atom. The van der Waals surface area contributed by atoms with Crippen LogP contribution in [0.2, 0.25) is 0 Å². The van der Waals surface area contributed by atoms with Crippen LogP contribution >= 0.6 is 0 Å². The zero-order chi connectivity index (χ0) is 38.7. The number of imidazole rings is 2. The Morgan fingerprint density at radius 2 is 1.09 bits per heavy atom. The highest BCUT2D eigenvalue weighted by Crippen LogP contribution is 2.47. The number of ether oxygens (including phenoxy) is 2. The van der Waals surface area contributed by atoms with Crippen molar-refractivity contribution in [2.75, 3.05) is 0 Å². The molecule has 3 aliphatic heterocycles. The van der Waals surface area contributed by atoms with E-state index in [0.29, 0.717) is 12.1 Å². The van der Waals surface area contributed by atoms with Gasteiger partial charge in [0.25, 0.3) is 0 Å². The van der Waals surface area contributed by atoms with Gasteiger partial charge in [0.05, 0.1) is 38.3 Å². The molecule has 8 heteroatoms. The molecule has 6 aromatic rings.